The number of hydrogen-bond acceptors (Lipinski definition) is 5. The van der Waals surface area contributed by atoms with Crippen LogP contribution in [0.5, 0.6) is 0 Å². The minimum Gasteiger partial charge on any atom is -0.383 e. The Kier molecular flexibility index (Phi) is 5.59. The van der Waals surface area contributed by atoms with Gasteiger partial charge in [-0.1, -0.05) is 6.92 Å². The third-order valence-corrected chi connectivity index (χ3v) is 4.31. The highest BCUT2D eigenvalue weighted by molar-refractivity contribution is 4.95. The van der Waals surface area contributed by atoms with E-state index in [-0.39, 0.29) is 5.79 Å². The molecule has 2 atom stereocenters. The highest BCUT2D eigenvalue weighted by Crippen LogP contribution is 2.37. The first-order valence-electron chi connectivity index (χ1n) is 7.41. The average Bonchev–Trinajstić information content (AvgIpc) is 2.87. The van der Waals surface area contributed by atoms with Crippen LogP contribution >= 0.6 is 0 Å². The molecule has 1 aliphatic heterocycles. The van der Waals surface area contributed by atoms with Gasteiger partial charge >= 0.3 is 0 Å². The molecule has 112 valence electrons. The van der Waals surface area contributed by atoms with E-state index in [4.69, 9.17) is 14.2 Å². The Balaban J connectivity index is 1.99. The van der Waals surface area contributed by atoms with Crippen LogP contribution in [-0.2, 0) is 14.2 Å². The van der Waals surface area contributed by atoms with Crippen molar-refractivity contribution in [3.8, 4) is 0 Å². The number of likely N-dealkylation sites (N-methyl/N-ethyl adjacent to an activating group) is 2. The van der Waals surface area contributed by atoms with Gasteiger partial charge in [0, 0.05) is 38.6 Å². The van der Waals surface area contributed by atoms with Crippen LogP contribution in [0.3, 0.4) is 0 Å². The zero-order chi connectivity index (χ0) is 13.7. The monoisotopic (exact) mass is 272 g/mol. The lowest BCUT2D eigenvalue weighted by atomic mass is 9.84. The molecule has 2 aliphatic rings. The van der Waals surface area contributed by atoms with Crippen LogP contribution < -0.4 is 5.32 Å². The van der Waals surface area contributed by atoms with E-state index in [1.165, 1.54) is 0 Å². The summed E-state index contributed by atoms with van der Waals surface area (Å²) in [5.74, 6) is -0.322. The van der Waals surface area contributed by atoms with Crippen LogP contribution in [0.4, 0.5) is 0 Å². The van der Waals surface area contributed by atoms with Crippen molar-refractivity contribution < 1.29 is 14.2 Å². The third-order valence-electron chi connectivity index (χ3n) is 4.31. The van der Waals surface area contributed by atoms with Crippen molar-refractivity contribution in [1.82, 2.24) is 10.2 Å². The van der Waals surface area contributed by atoms with Crippen molar-refractivity contribution >= 4 is 0 Å². The van der Waals surface area contributed by atoms with Crippen LogP contribution in [0.25, 0.3) is 0 Å². The maximum atomic E-state index is 5.88. The fourth-order valence-corrected chi connectivity index (χ4v) is 3.25. The summed E-state index contributed by atoms with van der Waals surface area (Å²) in [5.41, 5.74) is 0. The van der Waals surface area contributed by atoms with E-state index in [0.717, 1.165) is 52.2 Å². The summed E-state index contributed by atoms with van der Waals surface area (Å²) >= 11 is 0. The van der Waals surface area contributed by atoms with Crippen molar-refractivity contribution in [2.24, 2.45) is 0 Å². The number of nitrogens with zero attached hydrogens (tertiary/aromatic N) is 1. The molecule has 1 heterocycles. The summed E-state index contributed by atoms with van der Waals surface area (Å²) in [4.78, 5) is 2.38. The molecule has 0 aromatic rings. The topological polar surface area (TPSA) is 43.0 Å². The van der Waals surface area contributed by atoms with Crippen molar-refractivity contribution in [3.05, 3.63) is 0 Å². The van der Waals surface area contributed by atoms with Gasteiger partial charge in [-0.3, -0.25) is 4.90 Å². The SMILES string of the molecule is CCNC1CCC2(CC1N(C)CCOC)OCCO2. The first-order chi connectivity index (χ1) is 9.21. The first kappa shape index (κ1) is 15.2. The predicted molar refractivity (Wildman–Crippen MR) is 74.2 cm³/mol. The zero-order valence-corrected chi connectivity index (χ0v) is 12.5. The quantitative estimate of drug-likeness (QED) is 0.776. The van der Waals surface area contributed by atoms with E-state index < -0.39 is 0 Å². The molecule has 5 nitrogen and oxygen atoms in total. The molecular weight excluding hydrogens is 244 g/mol. The Morgan fingerprint density at radius 1 is 1.37 bits per heavy atom. The number of ether oxygens (including phenoxy) is 3. The van der Waals surface area contributed by atoms with E-state index >= 15 is 0 Å². The molecule has 1 aliphatic carbocycles. The van der Waals surface area contributed by atoms with Crippen LogP contribution in [0.1, 0.15) is 26.2 Å². The van der Waals surface area contributed by atoms with Gasteiger partial charge in [0.2, 0.25) is 0 Å². The van der Waals surface area contributed by atoms with Crippen molar-refractivity contribution in [3.63, 3.8) is 0 Å². The third kappa shape index (κ3) is 3.67. The second kappa shape index (κ2) is 6.99. The molecule has 0 aromatic carbocycles. The van der Waals surface area contributed by atoms with Gasteiger partial charge in [0.05, 0.1) is 19.8 Å². The van der Waals surface area contributed by atoms with Gasteiger partial charge in [0.15, 0.2) is 5.79 Å². The molecule has 1 saturated carbocycles. The molecule has 2 rings (SSSR count). The van der Waals surface area contributed by atoms with Gasteiger partial charge in [-0.2, -0.15) is 0 Å². The maximum Gasteiger partial charge on any atom is 0.170 e. The Hall–Kier alpha value is -0.200. The fraction of sp³-hybridized carbons (Fsp3) is 1.00. The molecule has 0 amide bonds. The van der Waals surface area contributed by atoms with Gasteiger partial charge in [0.1, 0.15) is 0 Å². The van der Waals surface area contributed by atoms with Crippen LogP contribution in [0.2, 0.25) is 0 Å². The Morgan fingerprint density at radius 3 is 2.74 bits per heavy atom. The average molecular weight is 272 g/mol. The predicted octanol–water partition coefficient (Wildman–Crippen LogP) is 0.838. The molecule has 2 unspecified atom stereocenters. The molecule has 1 N–H and O–H groups in total. The lowest BCUT2D eigenvalue weighted by Crippen LogP contribution is -2.57. The highest BCUT2D eigenvalue weighted by atomic mass is 16.7. The van der Waals surface area contributed by atoms with Crippen molar-refractivity contribution in [2.45, 2.75) is 44.1 Å². The number of rotatable bonds is 6. The van der Waals surface area contributed by atoms with Gasteiger partial charge in [-0.05, 0) is 20.0 Å². The summed E-state index contributed by atoms with van der Waals surface area (Å²) in [6.07, 6.45) is 3.06. The summed E-state index contributed by atoms with van der Waals surface area (Å²) in [6.45, 7) is 6.35. The summed E-state index contributed by atoms with van der Waals surface area (Å²) in [6, 6.07) is 0.965. The summed E-state index contributed by atoms with van der Waals surface area (Å²) in [5, 5.41) is 3.60. The normalized spacial score (nSPS) is 30.3. The van der Waals surface area contributed by atoms with E-state index in [1.54, 1.807) is 7.11 Å². The lowest BCUT2D eigenvalue weighted by Gasteiger charge is -2.45. The van der Waals surface area contributed by atoms with E-state index in [0.29, 0.717) is 12.1 Å². The number of methoxy groups -OCH3 is 1. The van der Waals surface area contributed by atoms with E-state index in [9.17, 15) is 0 Å². The minimum atomic E-state index is -0.322. The lowest BCUT2D eigenvalue weighted by molar-refractivity contribution is -0.192. The molecule has 19 heavy (non-hydrogen) atoms. The second-order valence-corrected chi connectivity index (χ2v) is 5.56. The molecule has 0 radical (unpaired) electrons. The van der Waals surface area contributed by atoms with Crippen molar-refractivity contribution in [2.75, 3.05) is 47.1 Å². The molecule has 1 saturated heterocycles. The van der Waals surface area contributed by atoms with Gasteiger partial charge < -0.3 is 19.5 Å². The molecule has 1 spiro atoms. The van der Waals surface area contributed by atoms with Crippen LogP contribution in [0, 0.1) is 0 Å². The molecule has 0 bridgehead atoms. The molecule has 0 aromatic heterocycles. The fourth-order valence-electron chi connectivity index (χ4n) is 3.25. The Labute approximate surface area is 116 Å². The zero-order valence-electron chi connectivity index (χ0n) is 12.5. The van der Waals surface area contributed by atoms with Gasteiger partial charge in [-0.15, -0.1) is 0 Å². The maximum absolute atomic E-state index is 5.88. The second-order valence-electron chi connectivity index (χ2n) is 5.56. The number of hydrogen-bond donors (Lipinski definition) is 1. The molecular formula is C14H28N2O3. The molecule has 5 heteroatoms. The molecule has 2 fully saturated rings. The minimum absolute atomic E-state index is 0.322. The standard InChI is InChI=1S/C14H28N2O3/c1-4-15-12-5-6-14(18-9-10-19-14)11-13(12)16(2)7-8-17-3/h12-13,15H,4-11H2,1-3H3. The van der Waals surface area contributed by atoms with Gasteiger partial charge in [0.25, 0.3) is 0 Å². The van der Waals surface area contributed by atoms with Crippen LogP contribution in [0.15, 0.2) is 0 Å². The first-order valence-corrected chi connectivity index (χ1v) is 7.41. The van der Waals surface area contributed by atoms with E-state index in [1.807, 2.05) is 0 Å². The Bertz CT molecular complexity index is 269. The van der Waals surface area contributed by atoms with Crippen molar-refractivity contribution in [1.29, 1.82) is 0 Å². The highest BCUT2D eigenvalue weighted by Gasteiger charge is 2.45. The van der Waals surface area contributed by atoms with Crippen LogP contribution in [-0.4, -0.2) is 69.8 Å². The Morgan fingerprint density at radius 2 is 2.11 bits per heavy atom. The smallest absolute Gasteiger partial charge is 0.170 e. The number of nitrogens with one attached hydrogen (secondary N) is 1. The summed E-state index contributed by atoms with van der Waals surface area (Å²) < 4.78 is 17.0. The van der Waals surface area contributed by atoms with Gasteiger partial charge in [-0.25, -0.2) is 0 Å². The van der Waals surface area contributed by atoms with E-state index in [2.05, 4.69) is 24.2 Å². The largest absolute Gasteiger partial charge is 0.383 e. The summed E-state index contributed by atoms with van der Waals surface area (Å²) in [7, 11) is 3.92.